The largest absolute Gasteiger partial charge is 0.494 e. The Balaban J connectivity index is 2.75. The minimum Gasteiger partial charge on any atom is -0.494 e. The molecule has 0 spiro atoms. The summed E-state index contributed by atoms with van der Waals surface area (Å²) < 4.78 is 9.67. The molecule has 6 nitrogen and oxygen atoms in total. The van der Waals surface area contributed by atoms with E-state index in [1.807, 2.05) is 0 Å². The van der Waals surface area contributed by atoms with Crippen molar-refractivity contribution >= 4 is 29.1 Å². The average molecular weight is 289 g/mol. The van der Waals surface area contributed by atoms with Gasteiger partial charge >= 0.3 is 6.09 Å². The fourth-order valence-electron chi connectivity index (χ4n) is 1.36. The minimum atomic E-state index is -0.625. The van der Waals surface area contributed by atoms with Crippen molar-refractivity contribution in [3.05, 3.63) is 18.2 Å². The zero-order valence-corrected chi connectivity index (χ0v) is 11.5. The number of alkyl halides is 1. The van der Waals surface area contributed by atoms with Gasteiger partial charge in [0.15, 0.2) is 0 Å². The van der Waals surface area contributed by atoms with Crippen LogP contribution < -0.4 is 15.4 Å². The maximum atomic E-state index is 11.1. The molecule has 3 N–H and O–H groups in total. The van der Waals surface area contributed by atoms with E-state index < -0.39 is 12.2 Å². The molecular weight excluding hydrogens is 272 g/mol. The van der Waals surface area contributed by atoms with Gasteiger partial charge < -0.3 is 19.9 Å². The summed E-state index contributed by atoms with van der Waals surface area (Å²) in [4.78, 5) is 11.1. The molecule has 7 heteroatoms. The first-order valence-electron chi connectivity index (χ1n) is 5.61. The smallest absolute Gasteiger partial charge is 0.411 e. The van der Waals surface area contributed by atoms with Gasteiger partial charge in [0, 0.05) is 18.3 Å². The standard InChI is InChI=1S/C12H17ClN2O4/c1-18-11-5-8(14-7-9(16)6-13)3-4-10(11)15-12(17)19-2/h3-5,9,14,16H,6-7H2,1-2H3,(H,15,17). The van der Waals surface area contributed by atoms with Gasteiger partial charge in [-0.05, 0) is 12.1 Å². The van der Waals surface area contributed by atoms with Crippen LogP contribution in [0.25, 0.3) is 0 Å². The predicted octanol–water partition coefficient (Wildman–Crippen LogP) is 1.89. The molecule has 0 aromatic heterocycles. The lowest BCUT2D eigenvalue weighted by Crippen LogP contribution is -2.20. The Bertz CT molecular complexity index is 428. The number of amides is 1. The number of rotatable bonds is 6. The second-order valence-corrected chi connectivity index (χ2v) is 4.03. The molecular formula is C12H17ClN2O4. The molecule has 106 valence electrons. The number of hydrogen-bond donors (Lipinski definition) is 3. The van der Waals surface area contributed by atoms with E-state index in [2.05, 4.69) is 15.4 Å². The molecule has 0 saturated heterocycles. The van der Waals surface area contributed by atoms with E-state index in [4.69, 9.17) is 16.3 Å². The number of anilines is 2. The number of carbonyl (C=O) groups excluding carboxylic acids is 1. The van der Waals surface area contributed by atoms with E-state index in [9.17, 15) is 9.90 Å². The number of ether oxygens (including phenoxy) is 2. The van der Waals surface area contributed by atoms with Crippen molar-refractivity contribution in [2.45, 2.75) is 6.10 Å². The van der Waals surface area contributed by atoms with Gasteiger partial charge in [0.25, 0.3) is 0 Å². The van der Waals surface area contributed by atoms with Crippen molar-refractivity contribution < 1.29 is 19.4 Å². The molecule has 0 aliphatic carbocycles. The lowest BCUT2D eigenvalue weighted by Gasteiger charge is -2.13. The number of aliphatic hydroxyl groups excluding tert-OH is 1. The molecule has 1 atom stereocenters. The highest BCUT2D eigenvalue weighted by atomic mass is 35.5. The van der Waals surface area contributed by atoms with Gasteiger partial charge in [0.2, 0.25) is 0 Å². The third-order valence-corrected chi connectivity index (χ3v) is 2.70. The first kappa shape index (κ1) is 15.4. The van der Waals surface area contributed by atoms with Crippen molar-refractivity contribution in [2.24, 2.45) is 0 Å². The minimum absolute atomic E-state index is 0.159. The van der Waals surface area contributed by atoms with Crippen LogP contribution in [0.15, 0.2) is 18.2 Å². The summed E-state index contributed by atoms with van der Waals surface area (Å²) in [6.45, 7) is 0.330. The number of nitrogens with one attached hydrogen (secondary N) is 2. The normalized spacial score (nSPS) is 11.6. The summed E-state index contributed by atoms with van der Waals surface area (Å²) in [5.74, 6) is 0.641. The first-order valence-corrected chi connectivity index (χ1v) is 6.15. The van der Waals surface area contributed by atoms with E-state index in [0.29, 0.717) is 18.0 Å². The Hall–Kier alpha value is -1.66. The molecule has 1 aromatic rings. The highest BCUT2D eigenvalue weighted by Crippen LogP contribution is 2.28. The summed E-state index contributed by atoms with van der Waals surface area (Å²) in [6.07, 6.45) is -1.20. The molecule has 1 unspecified atom stereocenters. The molecule has 0 heterocycles. The summed E-state index contributed by atoms with van der Waals surface area (Å²) in [5, 5.41) is 14.9. The maximum absolute atomic E-state index is 11.1. The van der Waals surface area contributed by atoms with Crippen LogP contribution in [0.3, 0.4) is 0 Å². The lowest BCUT2D eigenvalue weighted by atomic mass is 10.2. The topological polar surface area (TPSA) is 79.8 Å². The Morgan fingerprint density at radius 1 is 1.47 bits per heavy atom. The summed E-state index contributed by atoms with van der Waals surface area (Å²) >= 11 is 5.50. The number of carbonyl (C=O) groups is 1. The number of methoxy groups -OCH3 is 2. The summed E-state index contributed by atoms with van der Waals surface area (Å²) in [6, 6.07) is 5.12. The Kier molecular flexibility index (Phi) is 6.24. The highest BCUT2D eigenvalue weighted by molar-refractivity contribution is 6.18. The van der Waals surface area contributed by atoms with Gasteiger partial charge in [-0.25, -0.2) is 4.79 Å². The average Bonchev–Trinajstić information content (AvgIpc) is 2.45. The third-order valence-electron chi connectivity index (χ3n) is 2.34. The van der Waals surface area contributed by atoms with Crippen molar-refractivity contribution in [1.82, 2.24) is 0 Å². The molecule has 0 radical (unpaired) electrons. The van der Waals surface area contributed by atoms with E-state index in [0.717, 1.165) is 5.69 Å². The van der Waals surface area contributed by atoms with Gasteiger partial charge in [0.05, 0.1) is 31.9 Å². The van der Waals surface area contributed by atoms with Crippen molar-refractivity contribution in [2.75, 3.05) is 37.3 Å². The SMILES string of the molecule is COC(=O)Nc1ccc(NCC(O)CCl)cc1OC. The first-order chi connectivity index (χ1) is 9.10. The number of halogens is 1. The van der Waals surface area contributed by atoms with E-state index in [-0.39, 0.29) is 5.88 Å². The van der Waals surface area contributed by atoms with Crippen LogP contribution in [0, 0.1) is 0 Å². The van der Waals surface area contributed by atoms with Crippen LogP contribution in [-0.4, -0.2) is 43.9 Å². The summed E-state index contributed by atoms with van der Waals surface area (Å²) in [7, 11) is 2.78. The van der Waals surface area contributed by atoms with Crippen LogP contribution in [0.1, 0.15) is 0 Å². The van der Waals surface area contributed by atoms with Crippen molar-refractivity contribution in [3.63, 3.8) is 0 Å². The quantitative estimate of drug-likeness (QED) is 0.697. The molecule has 0 fully saturated rings. The highest BCUT2D eigenvalue weighted by Gasteiger charge is 2.09. The predicted molar refractivity (Wildman–Crippen MR) is 74.2 cm³/mol. The molecule has 1 aromatic carbocycles. The second kappa shape index (κ2) is 7.70. The van der Waals surface area contributed by atoms with Crippen LogP contribution in [0.4, 0.5) is 16.2 Å². The van der Waals surface area contributed by atoms with Crippen LogP contribution >= 0.6 is 11.6 Å². The fourth-order valence-corrected chi connectivity index (χ4v) is 1.46. The zero-order chi connectivity index (χ0) is 14.3. The van der Waals surface area contributed by atoms with Gasteiger partial charge in [-0.2, -0.15) is 0 Å². The lowest BCUT2D eigenvalue weighted by molar-refractivity contribution is 0.187. The van der Waals surface area contributed by atoms with Crippen LogP contribution in [-0.2, 0) is 4.74 Å². The molecule has 0 bridgehead atoms. The second-order valence-electron chi connectivity index (χ2n) is 3.72. The number of hydrogen-bond acceptors (Lipinski definition) is 5. The molecule has 1 amide bonds. The van der Waals surface area contributed by atoms with Crippen LogP contribution in [0.2, 0.25) is 0 Å². The van der Waals surface area contributed by atoms with Gasteiger partial charge in [-0.1, -0.05) is 0 Å². The van der Waals surface area contributed by atoms with Crippen molar-refractivity contribution in [3.8, 4) is 5.75 Å². The monoisotopic (exact) mass is 288 g/mol. The molecule has 0 aliphatic rings. The van der Waals surface area contributed by atoms with Gasteiger partial charge in [-0.3, -0.25) is 5.32 Å². The molecule has 1 rings (SSSR count). The van der Waals surface area contributed by atoms with E-state index in [1.165, 1.54) is 14.2 Å². The van der Waals surface area contributed by atoms with E-state index >= 15 is 0 Å². The molecule has 19 heavy (non-hydrogen) atoms. The molecule has 0 aliphatic heterocycles. The Morgan fingerprint density at radius 3 is 2.79 bits per heavy atom. The Morgan fingerprint density at radius 2 is 2.21 bits per heavy atom. The van der Waals surface area contributed by atoms with E-state index in [1.54, 1.807) is 18.2 Å². The third kappa shape index (κ3) is 4.84. The molecule has 0 saturated carbocycles. The number of benzene rings is 1. The zero-order valence-electron chi connectivity index (χ0n) is 10.8. The van der Waals surface area contributed by atoms with Crippen LogP contribution in [0.5, 0.6) is 5.75 Å². The van der Waals surface area contributed by atoms with Gasteiger partial charge in [-0.15, -0.1) is 11.6 Å². The fraction of sp³-hybridized carbons (Fsp3) is 0.417. The maximum Gasteiger partial charge on any atom is 0.411 e. The van der Waals surface area contributed by atoms with Crippen molar-refractivity contribution in [1.29, 1.82) is 0 Å². The summed E-state index contributed by atoms with van der Waals surface area (Å²) in [5.41, 5.74) is 1.24. The van der Waals surface area contributed by atoms with Gasteiger partial charge in [0.1, 0.15) is 5.75 Å². The Labute approximate surface area is 116 Å². The number of aliphatic hydroxyl groups is 1.